The third-order valence-electron chi connectivity index (χ3n) is 3.70. The fraction of sp³-hybridized carbons (Fsp3) is 0.0500. The van der Waals surface area contributed by atoms with Crippen molar-refractivity contribution in [3.05, 3.63) is 83.6 Å². The van der Waals surface area contributed by atoms with Gasteiger partial charge in [0.05, 0.1) is 4.90 Å². The highest BCUT2D eigenvalue weighted by Gasteiger charge is 2.14. The lowest BCUT2D eigenvalue weighted by Gasteiger charge is -2.07. The van der Waals surface area contributed by atoms with Crippen LogP contribution in [0.2, 0.25) is 0 Å². The van der Waals surface area contributed by atoms with Crippen LogP contribution in [0.5, 0.6) is 5.75 Å². The Morgan fingerprint density at radius 3 is 2.00 bits per heavy atom. The van der Waals surface area contributed by atoms with E-state index in [0.29, 0.717) is 0 Å². The molecule has 0 fully saturated rings. The van der Waals surface area contributed by atoms with Gasteiger partial charge in [0.25, 0.3) is 10.0 Å². The van der Waals surface area contributed by atoms with Crippen molar-refractivity contribution in [3.63, 3.8) is 0 Å². The number of aromatic hydroxyl groups is 1. The van der Waals surface area contributed by atoms with Crippen LogP contribution in [0.4, 0.5) is 5.82 Å². The molecule has 0 aliphatic rings. The van der Waals surface area contributed by atoms with E-state index < -0.39 is 10.0 Å². The summed E-state index contributed by atoms with van der Waals surface area (Å²) < 4.78 is 27.3. The van der Waals surface area contributed by atoms with Crippen molar-refractivity contribution in [2.45, 2.75) is 11.8 Å². The van der Waals surface area contributed by atoms with Crippen molar-refractivity contribution in [2.75, 3.05) is 4.72 Å². The Morgan fingerprint density at radius 2 is 1.46 bits per heavy atom. The van der Waals surface area contributed by atoms with Crippen LogP contribution < -0.4 is 4.72 Å². The Morgan fingerprint density at radius 1 is 0.885 bits per heavy atom. The molecule has 0 bridgehead atoms. The Bertz CT molecular complexity index is 1010. The number of phenols is 1. The number of aryl methyl sites for hydroxylation is 1. The van der Waals surface area contributed by atoms with Crippen LogP contribution in [0.25, 0.3) is 12.2 Å². The smallest absolute Gasteiger partial charge is 0.263 e. The first kappa shape index (κ1) is 17.7. The summed E-state index contributed by atoms with van der Waals surface area (Å²) in [6.45, 7) is 1.88. The zero-order chi connectivity index (χ0) is 18.6. The molecule has 2 aromatic carbocycles. The molecular weight excluding hydrogens is 348 g/mol. The molecule has 26 heavy (non-hydrogen) atoms. The van der Waals surface area contributed by atoms with Crippen LogP contribution in [0.15, 0.2) is 71.8 Å². The minimum absolute atomic E-state index is 0.168. The quantitative estimate of drug-likeness (QED) is 0.667. The van der Waals surface area contributed by atoms with Gasteiger partial charge in [0, 0.05) is 6.20 Å². The standard InChI is InChI=1S/C20H18N2O3S/c1-15-2-13-20(21-14-15)22-26(24,25)19-11-7-17(8-12-19)4-3-16-5-9-18(23)10-6-16/h2-14,23H,1H3,(H,21,22). The number of benzene rings is 2. The Balaban J connectivity index is 1.73. The van der Waals surface area contributed by atoms with Crippen LogP contribution in [0.3, 0.4) is 0 Å². The van der Waals surface area contributed by atoms with E-state index in [1.54, 1.807) is 66.9 Å². The summed E-state index contributed by atoms with van der Waals surface area (Å²) in [6, 6.07) is 16.8. The van der Waals surface area contributed by atoms with Crippen LogP contribution >= 0.6 is 0 Å². The van der Waals surface area contributed by atoms with Crippen LogP contribution in [0, 0.1) is 6.92 Å². The van der Waals surface area contributed by atoms with Gasteiger partial charge < -0.3 is 5.11 Å². The molecule has 2 N–H and O–H groups in total. The summed E-state index contributed by atoms with van der Waals surface area (Å²) in [6.07, 6.45) is 5.37. The van der Waals surface area contributed by atoms with Crippen molar-refractivity contribution in [2.24, 2.45) is 0 Å². The van der Waals surface area contributed by atoms with E-state index in [0.717, 1.165) is 16.7 Å². The molecule has 0 aliphatic carbocycles. The summed E-state index contributed by atoms with van der Waals surface area (Å²) in [5.74, 6) is 0.499. The van der Waals surface area contributed by atoms with Crippen molar-refractivity contribution in [3.8, 4) is 5.75 Å². The van der Waals surface area contributed by atoms with E-state index in [1.165, 1.54) is 0 Å². The summed E-state index contributed by atoms with van der Waals surface area (Å²) in [5, 5.41) is 9.28. The number of phenolic OH excluding ortho intramolecular Hbond substituents is 1. The SMILES string of the molecule is Cc1ccc(NS(=O)(=O)c2ccc(C=Cc3ccc(O)cc3)cc2)nc1. The first-order chi connectivity index (χ1) is 12.4. The lowest BCUT2D eigenvalue weighted by Crippen LogP contribution is -2.13. The first-order valence-corrected chi connectivity index (χ1v) is 9.43. The highest BCUT2D eigenvalue weighted by atomic mass is 32.2. The van der Waals surface area contributed by atoms with Crippen LogP contribution in [0.1, 0.15) is 16.7 Å². The number of anilines is 1. The predicted molar refractivity (Wildman–Crippen MR) is 103 cm³/mol. The monoisotopic (exact) mass is 366 g/mol. The van der Waals surface area contributed by atoms with E-state index >= 15 is 0 Å². The molecule has 0 unspecified atom stereocenters. The maximum atomic E-state index is 12.4. The fourth-order valence-corrected chi connectivity index (χ4v) is 3.27. The van der Waals surface area contributed by atoms with E-state index in [9.17, 15) is 13.5 Å². The first-order valence-electron chi connectivity index (χ1n) is 7.95. The van der Waals surface area contributed by atoms with Crippen molar-refractivity contribution in [1.82, 2.24) is 4.98 Å². The average Bonchev–Trinajstić information content (AvgIpc) is 2.63. The predicted octanol–water partition coefficient (Wildman–Crippen LogP) is 4.07. The number of rotatable bonds is 5. The molecule has 0 spiro atoms. The second kappa shape index (κ2) is 7.41. The van der Waals surface area contributed by atoms with Crippen molar-refractivity contribution >= 4 is 28.0 Å². The van der Waals surface area contributed by atoms with Crippen LogP contribution in [-0.2, 0) is 10.0 Å². The van der Waals surface area contributed by atoms with Gasteiger partial charge in [0.15, 0.2) is 0 Å². The minimum atomic E-state index is -3.68. The van der Waals surface area contributed by atoms with Gasteiger partial charge in [-0.2, -0.15) is 0 Å². The summed E-state index contributed by atoms with van der Waals surface area (Å²) in [4.78, 5) is 4.22. The lowest BCUT2D eigenvalue weighted by molar-refractivity contribution is 0.475. The van der Waals surface area contributed by atoms with E-state index in [1.807, 2.05) is 19.1 Å². The number of hydrogen-bond acceptors (Lipinski definition) is 4. The van der Waals surface area contributed by atoms with E-state index in [4.69, 9.17) is 0 Å². The molecule has 3 aromatic rings. The van der Waals surface area contributed by atoms with Gasteiger partial charge in [-0.25, -0.2) is 13.4 Å². The molecule has 0 aliphatic heterocycles. The third kappa shape index (κ3) is 4.49. The molecule has 0 saturated carbocycles. The van der Waals surface area contributed by atoms with Gasteiger partial charge in [-0.3, -0.25) is 4.72 Å². The molecule has 5 nitrogen and oxygen atoms in total. The average molecular weight is 366 g/mol. The number of aromatic nitrogens is 1. The molecule has 1 heterocycles. The molecule has 3 rings (SSSR count). The number of pyridine rings is 1. The second-order valence-corrected chi connectivity index (χ2v) is 7.50. The topological polar surface area (TPSA) is 79.3 Å². The minimum Gasteiger partial charge on any atom is -0.508 e. The lowest BCUT2D eigenvalue weighted by atomic mass is 10.1. The maximum Gasteiger partial charge on any atom is 0.263 e. The third-order valence-corrected chi connectivity index (χ3v) is 5.07. The molecule has 132 valence electrons. The molecule has 0 radical (unpaired) electrons. The van der Waals surface area contributed by atoms with Crippen molar-refractivity contribution < 1.29 is 13.5 Å². The molecule has 6 heteroatoms. The maximum absolute atomic E-state index is 12.4. The van der Waals surface area contributed by atoms with Crippen LogP contribution in [-0.4, -0.2) is 18.5 Å². The largest absolute Gasteiger partial charge is 0.508 e. The normalized spacial score (nSPS) is 11.6. The second-order valence-electron chi connectivity index (χ2n) is 5.82. The zero-order valence-corrected chi connectivity index (χ0v) is 14.9. The highest BCUT2D eigenvalue weighted by Crippen LogP contribution is 2.17. The summed E-state index contributed by atoms with van der Waals surface area (Å²) in [5.41, 5.74) is 2.76. The highest BCUT2D eigenvalue weighted by molar-refractivity contribution is 7.92. The summed E-state index contributed by atoms with van der Waals surface area (Å²) >= 11 is 0. The fourth-order valence-electron chi connectivity index (χ4n) is 2.26. The van der Waals surface area contributed by atoms with Gasteiger partial charge in [-0.05, 0) is 53.9 Å². The van der Waals surface area contributed by atoms with Gasteiger partial charge in [0.2, 0.25) is 0 Å². The van der Waals surface area contributed by atoms with Gasteiger partial charge in [-0.1, -0.05) is 42.5 Å². The Kier molecular flexibility index (Phi) is 5.04. The van der Waals surface area contributed by atoms with Gasteiger partial charge in [0.1, 0.15) is 11.6 Å². The number of hydrogen-bond donors (Lipinski definition) is 2. The molecule has 0 amide bonds. The van der Waals surface area contributed by atoms with Crippen molar-refractivity contribution in [1.29, 1.82) is 0 Å². The Labute approximate surface area is 152 Å². The van der Waals surface area contributed by atoms with Gasteiger partial charge >= 0.3 is 0 Å². The molecule has 0 atom stereocenters. The molecule has 1 aromatic heterocycles. The zero-order valence-electron chi connectivity index (χ0n) is 14.1. The number of sulfonamides is 1. The summed E-state index contributed by atoms with van der Waals surface area (Å²) in [7, 11) is -3.68. The van der Waals surface area contributed by atoms with Gasteiger partial charge in [-0.15, -0.1) is 0 Å². The van der Waals surface area contributed by atoms with E-state index in [-0.39, 0.29) is 16.5 Å². The molecular formula is C20H18N2O3S. The number of nitrogens with zero attached hydrogens (tertiary/aromatic N) is 1. The Hall–Kier alpha value is -3.12. The number of nitrogens with one attached hydrogen (secondary N) is 1. The van der Waals surface area contributed by atoms with E-state index in [2.05, 4.69) is 9.71 Å². The molecule has 0 saturated heterocycles.